The van der Waals surface area contributed by atoms with E-state index in [0.717, 1.165) is 18.7 Å². The van der Waals surface area contributed by atoms with Crippen LogP contribution in [0.5, 0.6) is 0 Å². The first-order valence-corrected chi connectivity index (χ1v) is 3.17. The average molecular weight is 121 g/mol. The second-order valence-corrected chi connectivity index (χ2v) is 2.04. The molecule has 0 aliphatic carbocycles. The first-order chi connectivity index (χ1) is 4.34. The monoisotopic (exact) mass is 121 g/mol. The van der Waals surface area contributed by atoms with Gasteiger partial charge in [0.15, 0.2) is 0 Å². The van der Waals surface area contributed by atoms with Gasteiger partial charge in [0, 0.05) is 0 Å². The molecule has 0 unspecified atom stereocenters. The number of nitrogens with zero attached hydrogens (tertiary/aromatic N) is 1. The zero-order valence-corrected chi connectivity index (χ0v) is 5.59. The van der Waals surface area contributed by atoms with Gasteiger partial charge < -0.3 is 0 Å². The maximum atomic E-state index is 5.53. The molecule has 47 valence electrons. The summed E-state index contributed by atoms with van der Waals surface area (Å²) in [6.07, 6.45) is 4.90. The molecule has 0 aromatic carbocycles. The Labute approximate surface area is 56.6 Å². The third kappa shape index (κ3) is 1.34. The van der Waals surface area contributed by atoms with E-state index >= 15 is 0 Å². The Morgan fingerprint density at radius 2 is 2.56 bits per heavy atom. The van der Waals surface area contributed by atoms with E-state index in [1.165, 1.54) is 0 Å². The van der Waals surface area contributed by atoms with E-state index in [0.29, 0.717) is 0 Å². The molecule has 0 amide bonds. The summed E-state index contributed by atoms with van der Waals surface area (Å²) in [5.41, 5.74) is 0.733. The second-order valence-electron chi connectivity index (χ2n) is 2.04. The average Bonchev–Trinajstić information content (AvgIpc) is 2.18. The topological polar surface area (TPSA) is 15.3 Å². The van der Waals surface area contributed by atoms with Crippen molar-refractivity contribution in [1.82, 2.24) is 10.2 Å². The van der Waals surface area contributed by atoms with Crippen molar-refractivity contribution in [3.05, 3.63) is 12.4 Å². The molecule has 0 atom stereocenters. The molecule has 0 bridgehead atoms. The Morgan fingerprint density at radius 3 is 3.00 bits per heavy atom. The molecule has 1 aliphatic rings. The number of hydrogen-bond acceptors (Lipinski definition) is 2. The van der Waals surface area contributed by atoms with Crippen LogP contribution < -0.4 is 5.32 Å². The third-order valence-corrected chi connectivity index (χ3v) is 1.26. The standard InChI is InChI=1S/C6H10BN2/c1-2-4-9-5-3-8-6(9)7/h3,5,8H,2,4H2,1H3. The van der Waals surface area contributed by atoms with E-state index in [4.69, 9.17) is 7.49 Å². The molecule has 0 saturated heterocycles. The van der Waals surface area contributed by atoms with Gasteiger partial charge in [0.2, 0.25) is 0 Å². The molecular weight excluding hydrogens is 111 g/mol. The zero-order chi connectivity index (χ0) is 6.69. The van der Waals surface area contributed by atoms with Gasteiger partial charge in [-0.2, -0.15) is 0 Å². The minimum atomic E-state index is 0.733. The molecule has 0 aromatic rings. The van der Waals surface area contributed by atoms with Crippen molar-refractivity contribution >= 4 is 13.2 Å². The van der Waals surface area contributed by atoms with Crippen molar-refractivity contribution in [3.63, 3.8) is 0 Å². The van der Waals surface area contributed by atoms with E-state index in [1.54, 1.807) is 0 Å². The summed E-state index contributed by atoms with van der Waals surface area (Å²) in [5, 5.41) is 2.89. The summed E-state index contributed by atoms with van der Waals surface area (Å²) in [4.78, 5) is 1.99. The molecule has 3 heteroatoms. The van der Waals surface area contributed by atoms with Gasteiger partial charge in [0.25, 0.3) is 0 Å². The van der Waals surface area contributed by atoms with Gasteiger partial charge in [0.05, 0.1) is 0 Å². The molecule has 9 heavy (non-hydrogen) atoms. The van der Waals surface area contributed by atoms with Crippen molar-refractivity contribution in [3.8, 4) is 0 Å². The summed E-state index contributed by atoms with van der Waals surface area (Å²) in [6.45, 7) is 3.12. The molecule has 0 aromatic heterocycles. The van der Waals surface area contributed by atoms with Crippen molar-refractivity contribution in [2.24, 2.45) is 0 Å². The Morgan fingerprint density at radius 1 is 1.78 bits per heavy atom. The van der Waals surface area contributed by atoms with Crippen molar-refractivity contribution < 1.29 is 0 Å². The SMILES string of the molecule is [B]=C1NC=CN1CCC. The van der Waals surface area contributed by atoms with Crippen LogP contribution in [0, 0.1) is 0 Å². The molecule has 1 N–H and O–H groups in total. The Hall–Kier alpha value is -0.725. The summed E-state index contributed by atoms with van der Waals surface area (Å²) < 4.78 is 0. The van der Waals surface area contributed by atoms with Gasteiger partial charge in [-0.3, -0.25) is 0 Å². The van der Waals surface area contributed by atoms with Crippen molar-refractivity contribution in [2.75, 3.05) is 6.54 Å². The molecule has 0 spiro atoms. The van der Waals surface area contributed by atoms with Gasteiger partial charge in [-0.15, -0.1) is 0 Å². The maximum absolute atomic E-state index is 5.53. The van der Waals surface area contributed by atoms with E-state index in [9.17, 15) is 0 Å². The van der Waals surface area contributed by atoms with Crippen LogP contribution in [0.2, 0.25) is 0 Å². The van der Waals surface area contributed by atoms with Gasteiger partial charge >= 0.3 is 55.7 Å². The van der Waals surface area contributed by atoms with Crippen LogP contribution in [-0.4, -0.2) is 24.6 Å². The van der Waals surface area contributed by atoms with Crippen LogP contribution in [0.4, 0.5) is 0 Å². The third-order valence-electron chi connectivity index (χ3n) is 1.26. The fourth-order valence-electron chi connectivity index (χ4n) is 0.812. The van der Waals surface area contributed by atoms with Crippen LogP contribution >= 0.6 is 0 Å². The van der Waals surface area contributed by atoms with Gasteiger partial charge in [-0.25, -0.2) is 0 Å². The summed E-state index contributed by atoms with van der Waals surface area (Å²) >= 11 is 0. The van der Waals surface area contributed by atoms with Crippen LogP contribution in [-0.2, 0) is 0 Å². The normalized spacial score (nSPS) is 16.4. The van der Waals surface area contributed by atoms with Gasteiger partial charge in [0.1, 0.15) is 0 Å². The van der Waals surface area contributed by atoms with Crippen LogP contribution in [0.3, 0.4) is 0 Å². The summed E-state index contributed by atoms with van der Waals surface area (Å²) in [7, 11) is 5.53. The van der Waals surface area contributed by atoms with E-state index in [2.05, 4.69) is 12.2 Å². The second kappa shape index (κ2) is 2.71. The van der Waals surface area contributed by atoms with Gasteiger partial charge in [-0.1, -0.05) is 0 Å². The molecule has 1 heterocycles. The molecular formula is C6H10BN2. The summed E-state index contributed by atoms with van der Waals surface area (Å²) in [5.74, 6) is 0. The molecule has 1 rings (SSSR count). The van der Waals surface area contributed by atoms with Crippen molar-refractivity contribution in [1.29, 1.82) is 0 Å². The minimum absolute atomic E-state index is 0.733. The van der Waals surface area contributed by atoms with E-state index in [-0.39, 0.29) is 0 Å². The zero-order valence-electron chi connectivity index (χ0n) is 5.59. The molecule has 1 radical (unpaired) electrons. The number of nitrogens with one attached hydrogen (secondary N) is 1. The van der Waals surface area contributed by atoms with E-state index in [1.807, 2.05) is 17.3 Å². The molecule has 1 aliphatic heterocycles. The Bertz CT molecular complexity index is 142. The Balaban J connectivity index is 2.40. The fourth-order valence-corrected chi connectivity index (χ4v) is 0.812. The predicted octanol–water partition coefficient (Wildman–Crippen LogP) is 0.0287. The van der Waals surface area contributed by atoms with Crippen molar-refractivity contribution in [2.45, 2.75) is 13.3 Å². The number of hydrogen-bond donors (Lipinski definition) is 1. The molecule has 0 saturated carbocycles. The van der Waals surface area contributed by atoms with Gasteiger partial charge in [-0.05, 0) is 0 Å². The first-order valence-electron chi connectivity index (χ1n) is 3.17. The number of rotatable bonds is 2. The van der Waals surface area contributed by atoms with Crippen LogP contribution in [0.1, 0.15) is 13.3 Å². The first kappa shape index (κ1) is 6.40. The van der Waals surface area contributed by atoms with E-state index < -0.39 is 0 Å². The molecule has 0 fully saturated rings. The fraction of sp³-hybridized carbons (Fsp3) is 0.500. The quantitative estimate of drug-likeness (QED) is 0.518. The summed E-state index contributed by atoms with van der Waals surface area (Å²) in [6, 6.07) is 0. The van der Waals surface area contributed by atoms with Crippen LogP contribution in [0.25, 0.3) is 0 Å². The molecule has 2 nitrogen and oxygen atoms in total. The van der Waals surface area contributed by atoms with Crippen LogP contribution in [0.15, 0.2) is 12.4 Å². The predicted molar refractivity (Wildman–Crippen MR) is 40.0 cm³/mol. The Kier molecular flexibility index (Phi) is 1.93.